The molecule has 1 atom stereocenters. The topological polar surface area (TPSA) is 50.2 Å². The summed E-state index contributed by atoms with van der Waals surface area (Å²) in [5.41, 5.74) is 2.13. The van der Waals surface area contributed by atoms with Crippen molar-refractivity contribution in [2.24, 2.45) is 0 Å². The first-order valence-corrected chi connectivity index (χ1v) is 8.24. The van der Waals surface area contributed by atoms with Gasteiger partial charge in [-0.25, -0.2) is 4.98 Å². The first kappa shape index (κ1) is 17.1. The van der Waals surface area contributed by atoms with E-state index in [1.165, 1.54) is 6.07 Å². The van der Waals surface area contributed by atoms with Crippen LogP contribution in [0.15, 0.2) is 67.3 Å². The van der Waals surface area contributed by atoms with E-state index in [1.807, 2.05) is 0 Å². The van der Waals surface area contributed by atoms with Gasteiger partial charge in [-0.15, -0.1) is 0 Å². The number of hydrogen-bond donors (Lipinski definition) is 1. The third kappa shape index (κ3) is 3.38. The Kier molecular flexibility index (Phi) is 4.10. The van der Waals surface area contributed by atoms with E-state index in [-0.39, 0.29) is 5.56 Å². The van der Waals surface area contributed by atoms with Gasteiger partial charge < -0.3 is 14.8 Å². The summed E-state index contributed by atoms with van der Waals surface area (Å²) in [6, 6.07) is 13.5. The summed E-state index contributed by atoms with van der Waals surface area (Å²) in [7, 11) is 0. The number of benzene rings is 2. The van der Waals surface area contributed by atoms with Crippen molar-refractivity contribution in [2.45, 2.75) is 12.3 Å². The third-order valence-corrected chi connectivity index (χ3v) is 4.38. The van der Waals surface area contributed by atoms with Crippen molar-refractivity contribution in [3.8, 4) is 5.69 Å². The summed E-state index contributed by atoms with van der Waals surface area (Å²) in [6.45, 7) is -1.33. The zero-order valence-corrected chi connectivity index (χ0v) is 14.0. The zero-order chi connectivity index (χ0) is 19.0. The molecule has 2 heterocycles. The summed E-state index contributed by atoms with van der Waals surface area (Å²) in [5, 5.41) is 3.06. The normalized spacial score (nSPS) is 16.8. The number of hydrogen-bond acceptors (Lipinski definition) is 3. The van der Waals surface area contributed by atoms with Crippen LogP contribution in [0.2, 0.25) is 0 Å². The molecule has 1 aromatic heterocycles. The predicted molar refractivity (Wildman–Crippen MR) is 93.5 cm³/mol. The highest BCUT2D eigenvalue weighted by Crippen LogP contribution is 2.35. The molecule has 4 rings (SSSR count). The van der Waals surface area contributed by atoms with Gasteiger partial charge >= 0.3 is 6.18 Å². The van der Waals surface area contributed by atoms with Crippen molar-refractivity contribution in [3.05, 3.63) is 78.4 Å². The van der Waals surface area contributed by atoms with Crippen molar-refractivity contribution >= 4 is 11.6 Å². The van der Waals surface area contributed by atoms with Crippen LogP contribution in [0.25, 0.3) is 5.69 Å². The molecular formula is C19H15F3N4O. The lowest BCUT2D eigenvalue weighted by molar-refractivity contribution is -0.144. The maximum Gasteiger partial charge on any atom is 0.406 e. The van der Waals surface area contributed by atoms with Crippen LogP contribution in [-0.4, -0.2) is 33.1 Å². The van der Waals surface area contributed by atoms with E-state index < -0.39 is 24.8 Å². The molecule has 0 radical (unpaired) electrons. The molecule has 1 N–H and O–H groups in total. The highest BCUT2D eigenvalue weighted by Gasteiger charge is 2.40. The van der Waals surface area contributed by atoms with Crippen LogP contribution in [0.1, 0.15) is 22.1 Å². The Balaban J connectivity index is 1.71. The number of anilines is 1. The Morgan fingerprint density at radius 1 is 1.07 bits per heavy atom. The van der Waals surface area contributed by atoms with Crippen molar-refractivity contribution in [1.82, 2.24) is 14.5 Å². The molecule has 2 aromatic carbocycles. The van der Waals surface area contributed by atoms with E-state index >= 15 is 0 Å². The maximum atomic E-state index is 13.1. The SMILES string of the molecule is O=C1c2ccccc2NC(c2ccc(-n3ccnc3)cc2)N1CC(F)(F)F. The van der Waals surface area contributed by atoms with Crippen LogP contribution < -0.4 is 5.32 Å². The van der Waals surface area contributed by atoms with E-state index in [0.29, 0.717) is 11.3 Å². The van der Waals surface area contributed by atoms with E-state index in [1.54, 1.807) is 65.8 Å². The second-order valence-electron chi connectivity index (χ2n) is 6.20. The lowest BCUT2D eigenvalue weighted by atomic mass is 10.0. The fourth-order valence-electron chi connectivity index (χ4n) is 3.15. The van der Waals surface area contributed by atoms with Gasteiger partial charge in [0, 0.05) is 23.8 Å². The van der Waals surface area contributed by atoms with Gasteiger partial charge in [0.25, 0.3) is 5.91 Å². The van der Waals surface area contributed by atoms with Crippen LogP contribution in [-0.2, 0) is 0 Å². The van der Waals surface area contributed by atoms with E-state index in [9.17, 15) is 18.0 Å². The fraction of sp³-hybridized carbons (Fsp3) is 0.158. The number of carbonyl (C=O) groups is 1. The maximum absolute atomic E-state index is 13.1. The number of para-hydroxylation sites is 1. The second kappa shape index (κ2) is 6.46. The number of nitrogens with one attached hydrogen (secondary N) is 1. The van der Waals surface area contributed by atoms with Gasteiger partial charge in [0.1, 0.15) is 12.7 Å². The number of halogens is 3. The van der Waals surface area contributed by atoms with Gasteiger partial charge in [0.15, 0.2) is 0 Å². The molecule has 0 fully saturated rings. The largest absolute Gasteiger partial charge is 0.406 e. The van der Waals surface area contributed by atoms with E-state index in [2.05, 4.69) is 10.3 Å². The average Bonchev–Trinajstić information content (AvgIpc) is 3.18. The quantitative estimate of drug-likeness (QED) is 0.756. The number of alkyl halides is 3. The van der Waals surface area contributed by atoms with Crippen LogP contribution in [0, 0.1) is 0 Å². The molecule has 8 heteroatoms. The van der Waals surface area contributed by atoms with Gasteiger partial charge in [0.2, 0.25) is 0 Å². The number of amides is 1. The predicted octanol–water partition coefficient (Wildman–Crippen LogP) is 4.00. The molecular weight excluding hydrogens is 357 g/mol. The zero-order valence-electron chi connectivity index (χ0n) is 14.0. The molecule has 1 aliphatic rings. The summed E-state index contributed by atoms with van der Waals surface area (Å²) in [5.74, 6) is -0.648. The highest BCUT2D eigenvalue weighted by atomic mass is 19.4. The summed E-state index contributed by atoms with van der Waals surface area (Å²) >= 11 is 0. The van der Waals surface area contributed by atoms with E-state index in [0.717, 1.165) is 10.6 Å². The number of rotatable bonds is 3. The number of carbonyl (C=O) groups excluding carboxylic acids is 1. The monoisotopic (exact) mass is 372 g/mol. The standard InChI is InChI=1S/C19H15F3N4O/c20-19(21,22)11-26-17(24-16-4-2-1-3-15(16)18(26)27)13-5-7-14(8-6-13)25-10-9-23-12-25/h1-10,12,17,24H,11H2. The van der Waals surface area contributed by atoms with Gasteiger partial charge in [-0.3, -0.25) is 4.79 Å². The number of aromatic nitrogens is 2. The average molecular weight is 372 g/mol. The molecule has 138 valence electrons. The summed E-state index contributed by atoms with van der Waals surface area (Å²) < 4.78 is 41.1. The first-order valence-electron chi connectivity index (χ1n) is 8.24. The van der Waals surface area contributed by atoms with Gasteiger partial charge in [0.05, 0.1) is 11.9 Å². The lowest BCUT2D eigenvalue weighted by Gasteiger charge is -2.38. The first-order chi connectivity index (χ1) is 12.9. The molecule has 1 unspecified atom stereocenters. The number of fused-ring (bicyclic) bond motifs is 1. The van der Waals surface area contributed by atoms with Crippen LogP contribution >= 0.6 is 0 Å². The van der Waals surface area contributed by atoms with Crippen molar-refractivity contribution in [2.75, 3.05) is 11.9 Å². The van der Waals surface area contributed by atoms with Crippen molar-refractivity contribution in [3.63, 3.8) is 0 Å². The molecule has 27 heavy (non-hydrogen) atoms. The Morgan fingerprint density at radius 3 is 2.48 bits per heavy atom. The molecule has 0 aliphatic carbocycles. The Bertz CT molecular complexity index is 952. The molecule has 1 amide bonds. The molecule has 0 spiro atoms. The van der Waals surface area contributed by atoms with E-state index in [4.69, 9.17) is 0 Å². The smallest absolute Gasteiger partial charge is 0.361 e. The fourth-order valence-corrected chi connectivity index (χ4v) is 3.15. The minimum absolute atomic E-state index is 0.230. The lowest BCUT2D eigenvalue weighted by Crippen LogP contribution is -2.47. The molecule has 0 bridgehead atoms. The molecule has 0 saturated carbocycles. The summed E-state index contributed by atoms with van der Waals surface area (Å²) in [4.78, 5) is 17.5. The second-order valence-corrected chi connectivity index (χ2v) is 6.20. The van der Waals surface area contributed by atoms with Gasteiger partial charge in [-0.2, -0.15) is 13.2 Å². The Hall–Kier alpha value is -3.29. The highest BCUT2D eigenvalue weighted by molar-refractivity contribution is 6.01. The number of imidazole rings is 1. The minimum atomic E-state index is -4.50. The molecule has 0 saturated heterocycles. The van der Waals surface area contributed by atoms with Crippen LogP contribution in [0.5, 0.6) is 0 Å². The Morgan fingerprint density at radius 2 is 1.81 bits per heavy atom. The van der Waals surface area contributed by atoms with Crippen molar-refractivity contribution < 1.29 is 18.0 Å². The summed E-state index contributed by atoms with van der Waals surface area (Å²) in [6.07, 6.45) is -0.380. The van der Waals surface area contributed by atoms with Gasteiger partial charge in [-0.05, 0) is 29.8 Å². The van der Waals surface area contributed by atoms with Crippen molar-refractivity contribution in [1.29, 1.82) is 0 Å². The molecule has 3 aromatic rings. The van der Waals surface area contributed by atoms with Gasteiger partial charge in [-0.1, -0.05) is 24.3 Å². The molecule has 1 aliphatic heterocycles. The Labute approximate surface area is 153 Å². The molecule has 5 nitrogen and oxygen atoms in total. The van der Waals surface area contributed by atoms with Crippen LogP contribution in [0.3, 0.4) is 0 Å². The minimum Gasteiger partial charge on any atom is -0.361 e. The number of nitrogens with zero attached hydrogens (tertiary/aromatic N) is 3. The van der Waals surface area contributed by atoms with Crippen LogP contribution in [0.4, 0.5) is 18.9 Å². The third-order valence-electron chi connectivity index (χ3n) is 4.38.